The number of Topliss-reactive ketones (excluding diaryl/α,β-unsaturated/α-hetero) is 1. The minimum atomic E-state index is -0.789. The molecule has 3 atom stereocenters. The molecule has 0 N–H and O–H groups in total. The summed E-state index contributed by atoms with van der Waals surface area (Å²) < 4.78 is 31.5. The highest BCUT2D eigenvalue weighted by molar-refractivity contribution is 5.98. The molecule has 1 saturated heterocycles. The van der Waals surface area contributed by atoms with Crippen molar-refractivity contribution >= 4 is 11.6 Å². The maximum absolute atomic E-state index is 14.8. The van der Waals surface area contributed by atoms with Crippen LogP contribution in [0.4, 0.5) is 4.39 Å². The molecule has 0 aromatic heterocycles. The van der Waals surface area contributed by atoms with E-state index in [1.54, 1.807) is 19.1 Å². The van der Waals surface area contributed by atoms with Crippen LogP contribution in [0, 0.1) is 17.7 Å². The van der Waals surface area contributed by atoms with Gasteiger partial charge in [-0.1, -0.05) is 19.9 Å². The summed E-state index contributed by atoms with van der Waals surface area (Å²) in [6, 6.07) is 2.83. The monoisotopic (exact) mass is 402 g/mol. The van der Waals surface area contributed by atoms with Gasteiger partial charge in [-0.15, -0.1) is 6.58 Å². The first-order valence-electron chi connectivity index (χ1n) is 9.89. The van der Waals surface area contributed by atoms with Crippen molar-refractivity contribution in [2.45, 2.75) is 45.1 Å². The number of allylic oxidation sites excluding steroid dienone is 2. The molecule has 1 aromatic rings. The number of halogens is 1. The summed E-state index contributed by atoms with van der Waals surface area (Å²) in [6.07, 6.45) is 4.88. The molecule has 0 radical (unpaired) electrons. The highest BCUT2D eigenvalue weighted by Crippen LogP contribution is 2.46. The molecule has 0 spiro atoms. The molecule has 3 rings (SSSR count). The Morgan fingerprint density at radius 3 is 2.90 bits per heavy atom. The zero-order valence-corrected chi connectivity index (χ0v) is 17.1. The van der Waals surface area contributed by atoms with Crippen LogP contribution in [0.5, 0.6) is 5.75 Å². The number of hydrogen-bond acceptors (Lipinski definition) is 5. The molecular formula is C23H27FO5. The molecule has 1 fully saturated rings. The second-order valence-corrected chi connectivity index (χ2v) is 7.66. The average Bonchev–Trinajstić information content (AvgIpc) is 3.12. The Kier molecular flexibility index (Phi) is 6.22. The molecule has 156 valence electrons. The van der Waals surface area contributed by atoms with E-state index in [0.29, 0.717) is 42.6 Å². The van der Waals surface area contributed by atoms with Crippen molar-refractivity contribution in [2.75, 3.05) is 13.9 Å². The molecule has 6 heteroatoms. The van der Waals surface area contributed by atoms with Gasteiger partial charge in [-0.2, -0.15) is 0 Å². The van der Waals surface area contributed by atoms with Crippen LogP contribution in [-0.2, 0) is 20.7 Å². The van der Waals surface area contributed by atoms with Crippen LogP contribution in [0.1, 0.15) is 49.0 Å². The maximum Gasteiger partial charge on any atom is 0.189 e. The molecule has 0 unspecified atom stereocenters. The largest absolute Gasteiger partial charge is 0.496 e. The first kappa shape index (κ1) is 21.2. The number of rotatable bonds is 8. The summed E-state index contributed by atoms with van der Waals surface area (Å²) in [5.41, 5.74) is -0.00148. The van der Waals surface area contributed by atoms with Crippen LogP contribution in [0.25, 0.3) is 0 Å². The van der Waals surface area contributed by atoms with E-state index < -0.39 is 11.4 Å². The summed E-state index contributed by atoms with van der Waals surface area (Å²) in [6.45, 7) is 7.51. The number of carbonyl (C=O) groups is 2. The third-order valence-corrected chi connectivity index (χ3v) is 5.94. The summed E-state index contributed by atoms with van der Waals surface area (Å²) in [5.74, 6) is -0.212. The first-order valence-corrected chi connectivity index (χ1v) is 9.89. The lowest BCUT2D eigenvalue weighted by atomic mass is 9.71. The van der Waals surface area contributed by atoms with E-state index in [4.69, 9.17) is 14.2 Å². The maximum atomic E-state index is 14.8. The van der Waals surface area contributed by atoms with Gasteiger partial charge in [0.05, 0.1) is 12.7 Å². The lowest BCUT2D eigenvalue weighted by Gasteiger charge is -2.38. The number of fused-ring (bicyclic) bond motifs is 1. The number of ketones is 2. The molecule has 2 aliphatic rings. The second kappa shape index (κ2) is 8.49. The van der Waals surface area contributed by atoms with Crippen molar-refractivity contribution in [2.24, 2.45) is 11.8 Å². The highest BCUT2D eigenvalue weighted by Gasteiger charge is 2.51. The predicted octanol–water partition coefficient (Wildman–Crippen LogP) is 4.40. The van der Waals surface area contributed by atoms with Gasteiger partial charge in [-0.3, -0.25) is 9.59 Å². The Balaban J connectivity index is 1.94. The van der Waals surface area contributed by atoms with Gasteiger partial charge < -0.3 is 14.2 Å². The number of carbonyl (C=O) groups excluding carboxylic acids is 2. The van der Waals surface area contributed by atoms with E-state index in [1.165, 1.54) is 19.3 Å². The van der Waals surface area contributed by atoms with Crippen LogP contribution in [0.3, 0.4) is 0 Å². The number of hydrogen-bond donors (Lipinski definition) is 0. The summed E-state index contributed by atoms with van der Waals surface area (Å²) in [7, 11) is 1.42. The van der Waals surface area contributed by atoms with Gasteiger partial charge in [0.15, 0.2) is 18.4 Å². The lowest BCUT2D eigenvalue weighted by molar-refractivity contribution is -0.123. The SMILES string of the molecule is C=CC[C@H]1C[C@]2([C@H](C)Cc3cc(C(=O)CC)c(OC)cc3F)OCOC2=CC1=O. The Hall–Kier alpha value is -2.47. The predicted molar refractivity (Wildman–Crippen MR) is 106 cm³/mol. The van der Waals surface area contributed by atoms with Crippen LogP contribution >= 0.6 is 0 Å². The van der Waals surface area contributed by atoms with Crippen molar-refractivity contribution in [3.05, 3.63) is 53.6 Å². The Bertz CT molecular complexity index is 859. The van der Waals surface area contributed by atoms with E-state index in [1.807, 2.05) is 6.92 Å². The minimum absolute atomic E-state index is 0.000295. The number of methoxy groups -OCH3 is 1. The Morgan fingerprint density at radius 2 is 2.24 bits per heavy atom. The third-order valence-electron chi connectivity index (χ3n) is 5.94. The number of benzene rings is 1. The van der Waals surface area contributed by atoms with Gasteiger partial charge in [-0.05, 0) is 36.8 Å². The van der Waals surface area contributed by atoms with Crippen LogP contribution in [0.15, 0.2) is 36.6 Å². The molecule has 1 aliphatic carbocycles. The van der Waals surface area contributed by atoms with Gasteiger partial charge in [0.1, 0.15) is 22.9 Å². The van der Waals surface area contributed by atoms with Gasteiger partial charge >= 0.3 is 0 Å². The van der Waals surface area contributed by atoms with E-state index in [0.717, 1.165) is 0 Å². The minimum Gasteiger partial charge on any atom is -0.496 e. The summed E-state index contributed by atoms with van der Waals surface area (Å²) >= 11 is 0. The van der Waals surface area contributed by atoms with Crippen molar-refractivity contribution in [1.82, 2.24) is 0 Å². The highest BCUT2D eigenvalue weighted by atomic mass is 19.1. The molecule has 0 amide bonds. The van der Waals surface area contributed by atoms with E-state index in [9.17, 15) is 14.0 Å². The second-order valence-electron chi connectivity index (χ2n) is 7.66. The molecule has 1 heterocycles. The standard InChI is InChI=1S/C23H27FO5/c1-5-7-15-12-23(22(11-20(15)26)28-13-29-23)14(3)8-16-9-17(19(25)6-2)21(27-4)10-18(16)24/h5,9-11,14-15H,1,6-8,12-13H2,2-4H3/t14-,15+,23-/m1/s1. The van der Waals surface area contributed by atoms with Gasteiger partial charge in [0.25, 0.3) is 0 Å². The fourth-order valence-electron chi connectivity index (χ4n) is 4.24. The fourth-order valence-corrected chi connectivity index (χ4v) is 4.24. The van der Waals surface area contributed by atoms with Gasteiger partial charge in [-0.25, -0.2) is 4.39 Å². The topological polar surface area (TPSA) is 61.8 Å². The van der Waals surface area contributed by atoms with E-state index >= 15 is 0 Å². The van der Waals surface area contributed by atoms with Crippen molar-refractivity contribution in [3.8, 4) is 5.75 Å². The normalized spacial score (nSPS) is 24.3. The molecule has 1 aromatic carbocycles. The van der Waals surface area contributed by atoms with Crippen molar-refractivity contribution in [3.63, 3.8) is 0 Å². The third kappa shape index (κ3) is 3.86. The van der Waals surface area contributed by atoms with Crippen molar-refractivity contribution in [1.29, 1.82) is 0 Å². The average molecular weight is 402 g/mol. The van der Waals surface area contributed by atoms with Gasteiger partial charge in [0.2, 0.25) is 0 Å². The molecular weight excluding hydrogens is 375 g/mol. The Morgan fingerprint density at radius 1 is 1.48 bits per heavy atom. The lowest BCUT2D eigenvalue weighted by Crippen LogP contribution is -2.45. The molecule has 0 bridgehead atoms. The van der Waals surface area contributed by atoms with Crippen LogP contribution < -0.4 is 4.74 Å². The number of ether oxygens (including phenoxy) is 3. The summed E-state index contributed by atoms with van der Waals surface area (Å²) in [5, 5.41) is 0. The van der Waals surface area contributed by atoms with E-state index in [2.05, 4.69) is 6.58 Å². The fraction of sp³-hybridized carbons (Fsp3) is 0.478. The molecule has 5 nitrogen and oxygen atoms in total. The van der Waals surface area contributed by atoms with Crippen LogP contribution in [-0.4, -0.2) is 31.1 Å². The molecule has 1 aliphatic heterocycles. The molecule has 29 heavy (non-hydrogen) atoms. The summed E-state index contributed by atoms with van der Waals surface area (Å²) in [4.78, 5) is 24.6. The van der Waals surface area contributed by atoms with E-state index in [-0.39, 0.29) is 35.9 Å². The van der Waals surface area contributed by atoms with Gasteiger partial charge in [0, 0.05) is 24.5 Å². The Labute approximate surface area is 170 Å². The quantitative estimate of drug-likeness (QED) is 0.476. The zero-order chi connectivity index (χ0) is 21.2. The zero-order valence-electron chi connectivity index (χ0n) is 17.1. The van der Waals surface area contributed by atoms with Crippen LogP contribution in [0.2, 0.25) is 0 Å². The smallest absolute Gasteiger partial charge is 0.189 e. The first-order chi connectivity index (χ1) is 13.9. The van der Waals surface area contributed by atoms with Crippen molar-refractivity contribution < 1.29 is 28.2 Å². The molecule has 0 saturated carbocycles.